The molecule has 13 atom stereocenters. The van der Waals surface area contributed by atoms with Crippen LogP contribution in [0.5, 0.6) is 0 Å². The fraction of sp³-hybridized carbons (Fsp3) is 0.686. The number of aryl methyl sites for hydroxylation is 6. The Labute approximate surface area is 779 Å². The molecule has 7 aromatic heterocycles. The van der Waals surface area contributed by atoms with Crippen LogP contribution in [0.3, 0.4) is 0 Å². The Kier molecular flexibility index (Phi) is 23.3. The summed E-state index contributed by atoms with van der Waals surface area (Å²) in [4.78, 5) is 41.1. The zero-order chi connectivity index (χ0) is 95.2. The van der Waals surface area contributed by atoms with E-state index in [4.69, 9.17) is 45.3 Å². The number of rotatable bonds is 0. The van der Waals surface area contributed by atoms with Gasteiger partial charge in [0.25, 0.3) is 6.04 Å². The molecule has 2 aliphatic heterocycles. The molecule has 0 aromatic carbocycles. The van der Waals surface area contributed by atoms with E-state index in [1.807, 2.05) is 66.8 Å². The van der Waals surface area contributed by atoms with Gasteiger partial charge in [0.1, 0.15) is 75.0 Å². The van der Waals surface area contributed by atoms with Crippen LogP contribution in [0.1, 0.15) is 322 Å². The number of carbonyl (C=O) groups is 3. The summed E-state index contributed by atoms with van der Waals surface area (Å²) in [5, 5.41) is 88.8. The molecule has 14 aliphatic rings. The molecule has 12 aliphatic carbocycles. The largest absolute Gasteiger partial charge is 0.515 e. The fourth-order valence-electron chi connectivity index (χ4n) is 30.0. The lowest BCUT2D eigenvalue weighted by atomic mass is 9.49. The Morgan fingerprint density at radius 3 is 1.14 bits per heavy atom. The van der Waals surface area contributed by atoms with Crippen molar-refractivity contribution in [3.63, 3.8) is 0 Å². The van der Waals surface area contributed by atoms with Crippen molar-refractivity contribution >= 4 is 33.3 Å². The number of carbonyl (C=O) groups excluding carboxylic acids is 3. The van der Waals surface area contributed by atoms with Crippen LogP contribution in [0.2, 0.25) is 0 Å². The van der Waals surface area contributed by atoms with Crippen molar-refractivity contribution in [2.45, 2.75) is 315 Å². The fourth-order valence-corrected chi connectivity index (χ4v) is 30.5. The Balaban J connectivity index is 0.000000115. The van der Waals surface area contributed by atoms with Crippen molar-refractivity contribution in [1.29, 1.82) is 26.3 Å². The monoisotopic (exact) mass is 1850 g/mol. The number of fused-ring (bicyclic) bond motifs is 19. The topological polar surface area (TPSA) is 365 Å². The highest BCUT2D eigenvalue weighted by molar-refractivity contribution is 9.10. The summed E-state index contributed by atoms with van der Waals surface area (Å²) in [5.41, 5.74) is 16.1. The van der Waals surface area contributed by atoms with Gasteiger partial charge in [-0.25, -0.2) is 6.57 Å². The predicted molar refractivity (Wildman–Crippen MR) is 490 cm³/mol. The Hall–Kier alpha value is -9.72. The molecule has 0 amide bonds. The number of Topliss-reactive ketones (excluding diaryl/α,β-unsaturated/α-hetero) is 3. The quantitative estimate of drug-likeness (QED) is 0.0837. The van der Waals surface area contributed by atoms with Crippen molar-refractivity contribution in [1.82, 2.24) is 63.8 Å². The van der Waals surface area contributed by atoms with Gasteiger partial charge in [0, 0.05) is 177 Å². The standard InChI is InChI=1S/C18H25N3O2.C17H25BrN2O2.2C17H20N4O.C17H21N3O2.C16H21N3O/c1-16(2)14-6-5-12-13(11-19)21(4)20-15(12)17(14,3)7-8-18(16)22-9-10-23-18;1-15(2)12-6-5-11-13(19-20(4)14(11)18)16(12,3)7-8-17(15)21-9-10-22-17;1-16(2)13-6-5-11-12(8-18)21(4)20-14(11)17(13,3)7-10-9-19-22-15(10)16;1-16(2)13-7-6-10-12(9-18)21(5)20-14(10)17(13,3)8-11(19-4)15(16)22;1-16(2)13-6-5-11-12(8-18)20(4)19-14(11)17(13,3)7-10(9-21)15(16)22;1-15(2)12-6-5-10-11(9-17)19(4)18-14(10)16(12,3)8-7-13(15)20/h14H,5-10H2,1-4H3;12H,5-10H2,1-4H3;9,13H,5-7H2,1-4H3;11,13H,6-8H2,1-3,5H3;9,13,21H,5-7H2,1-4H3;12H,5-8H2,1-4H3/b;;;;10-9-;/t14-,17-;12-,16-;13-,17-;11?,13-,17-;13-,17-;12-,16-/m000000/s1. The number of hydrogen-bond acceptors (Lipinski definition) is 21. The van der Waals surface area contributed by atoms with Gasteiger partial charge in [-0.3, -0.25) is 42.5 Å². The van der Waals surface area contributed by atoms with Gasteiger partial charge in [-0.1, -0.05) is 130 Å². The molecule has 131 heavy (non-hydrogen) atoms. The Morgan fingerprint density at radius 2 is 0.748 bits per heavy atom. The van der Waals surface area contributed by atoms with Gasteiger partial charge < -0.3 is 33.4 Å². The summed E-state index contributed by atoms with van der Waals surface area (Å²) < 4.78 is 41.8. The number of nitriles is 5. The number of aliphatic hydroxyl groups is 1. The molecule has 7 aromatic rings. The molecule has 0 radical (unpaired) electrons. The number of ketones is 3. The van der Waals surface area contributed by atoms with Gasteiger partial charge in [-0.15, -0.1) is 0 Å². The third kappa shape index (κ3) is 13.6. The predicted octanol–water partition coefficient (Wildman–Crippen LogP) is 16.3. The van der Waals surface area contributed by atoms with Crippen LogP contribution in [0.15, 0.2) is 27.2 Å². The molecule has 21 rings (SSSR count). The van der Waals surface area contributed by atoms with E-state index in [9.17, 15) is 45.8 Å². The van der Waals surface area contributed by atoms with Gasteiger partial charge in [0.05, 0.1) is 73.1 Å². The highest BCUT2D eigenvalue weighted by atomic mass is 79.9. The molecule has 5 saturated carbocycles. The van der Waals surface area contributed by atoms with E-state index < -0.39 is 22.7 Å². The number of aliphatic hydroxyl groups excluding tert-OH is 1. The van der Waals surface area contributed by atoms with Crippen LogP contribution >= 0.6 is 15.9 Å². The Morgan fingerprint density at radius 1 is 0.420 bits per heavy atom. The molecule has 28 nitrogen and oxygen atoms in total. The van der Waals surface area contributed by atoms with E-state index >= 15 is 0 Å². The number of allylic oxidation sites excluding steroid dienone is 1. The highest BCUT2D eigenvalue weighted by Crippen LogP contribution is 2.67. The molecular formula is C102H132BrN19O9. The zero-order valence-corrected chi connectivity index (χ0v) is 83.0. The normalized spacial score (nSPS) is 32.2. The molecule has 29 heteroatoms. The first-order valence-corrected chi connectivity index (χ1v) is 48.1. The SMILES string of the molecule is Cn1nc2c(c1Br)CC[C@H]1C(C)(C)C3(CC[C@]21C)OCCO3.Cn1nc2c(c1C#N)CC[C@H]1C(C)(C)C(=O)/C(=C\O)C[C@]21C.Cn1nc2c(c1C#N)CC[C@H]1C(C)(C)C(=O)CC[C@]21C.Cn1nc2c(c1C#N)CC[C@H]1C(C)(C)C3(CC[C@]21C)OCCO3.Cn1nc2c(c1C#N)CC[C@H]1C(C)(C)c3oncc3C[C@]21C.[C-]#[N+]C1C[C@]2(C)c3nn(C)c(C#N)c3CC[C@H]2C(C)(C)C1=O. The third-order valence-electron chi connectivity index (χ3n) is 36.6. The second-order valence-corrected chi connectivity index (χ2v) is 46.0. The maximum absolute atomic E-state index is 12.6. The smallest absolute Gasteiger partial charge is 0.282 e. The van der Waals surface area contributed by atoms with E-state index in [-0.39, 0.29) is 83.3 Å². The van der Waals surface area contributed by atoms with Crippen LogP contribution in [-0.4, -0.2) is 130 Å². The van der Waals surface area contributed by atoms with E-state index in [0.717, 1.165) is 201 Å². The second kappa shape index (κ2) is 32.3. The molecule has 1 unspecified atom stereocenters. The molecule has 696 valence electrons. The van der Waals surface area contributed by atoms with Gasteiger partial charge >= 0.3 is 0 Å². The number of hydrogen-bond donors (Lipinski definition) is 1. The molecule has 2 spiro atoms. The number of halogens is 1. The average molecular weight is 1850 g/mol. The zero-order valence-electron chi connectivity index (χ0n) is 81.5. The van der Waals surface area contributed by atoms with Gasteiger partial charge in [-0.05, 0) is 161 Å². The van der Waals surface area contributed by atoms with Crippen molar-refractivity contribution in [2.24, 2.45) is 105 Å². The minimum atomic E-state index is -0.602. The summed E-state index contributed by atoms with van der Waals surface area (Å²) in [6.07, 6.45) is 21.4. The van der Waals surface area contributed by atoms with Gasteiger partial charge in [0.2, 0.25) is 5.78 Å². The van der Waals surface area contributed by atoms with E-state index in [1.54, 1.807) is 37.5 Å². The number of nitrogens with zero attached hydrogens (tertiary/aromatic N) is 19. The summed E-state index contributed by atoms with van der Waals surface area (Å²) in [7, 11) is 11.2. The van der Waals surface area contributed by atoms with Gasteiger partial charge in [-0.2, -0.15) is 56.9 Å². The number of aromatic nitrogens is 13. The van der Waals surface area contributed by atoms with Crippen LogP contribution < -0.4 is 0 Å². The third-order valence-corrected chi connectivity index (χ3v) is 37.6. The first-order chi connectivity index (χ1) is 61.4. The lowest BCUT2D eigenvalue weighted by Gasteiger charge is -2.59. The van der Waals surface area contributed by atoms with Crippen molar-refractivity contribution < 1.29 is 43.0 Å². The maximum atomic E-state index is 12.6. The van der Waals surface area contributed by atoms with Crippen LogP contribution in [-0.2, 0) is 158 Å². The number of ether oxygens (including phenoxy) is 4. The summed E-state index contributed by atoms with van der Waals surface area (Å²) >= 11 is 3.72. The molecule has 2 saturated heterocycles. The molecule has 1 N–H and O–H groups in total. The minimum Gasteiger partial charge on any atom is -0.515 e. The van der Waals surface area contributed by atoms with Crippen molar-refractivity contribution in [2.75, 3.05) is 26.4 Å². The maximum Gasteiger partial charge on any atom is 0.282 e. The van der Waals surface area contributed by atoms with Gasteiger partial charge in [0.15, 0.2) is 17.4 Å². The van der Waals surface area contributed by atoms with E-state index in [0.29, 0.717) is 90.3 Å². The summed E-state index contributed by atoms with van der Waals surface area (Å²) in [6, 6.07) is 10.8. The summed E-state index contributed by atoms with van der Waals surface area (Å²) in [5.74, 6) is 2.71. The minimum absolute atomic E-state index is 0.00180. The average Bonchev–Trinajstić information content (AvgIpc) is 1.64. The lowest BCUT2D eigenvalue weighted by molar-refractivity contribution is -0.276. The van der Waals surface area contributed by atoms with Crippen LogP contribution in [0.4, 0.5) is 0 Å². The molecule has 7 fully saturated rings. The van der Waals surface area contributed by atoms with E-state index in [1.165, 1.54) is 23.2 Å². The van der Waals surface area contributed by atoms with Crippen molar-refractivity contribution in [3.05, 3.63) is 141 Å². The van der Waals surface area contributed by atoms with Crippen LogP contribution in [0.25, 0.3) is 4.85 Å². The summed E-state index contributed by atoms with van der Waals surface area (Å²) in [6.45, 7) is 49.5. The molecular weight excluding hydrogens is 1720 g/mol. The second-order valence-electron chi connectivity index (χ2n) is 45.2. The first kappa shape index (κ1) is 94.5. The van der Waals surface area contributed by atoms with E-state index in [2.05, 4.69) is 169 Å². The molecule has 0 bridgehead atoms. The lowest BCUT2D eigenvalue weighted by Crippen LogP contribution is -2.61. The van der Waals surface area contributed by atoms with Crippen molar-refractivity contribution in [3.8, 4) is 30.3 Å². The van der Waals surface area contributed by atoms with Crippen LogP contribution in [0, 0.1) is 126 Å². The highest BCUT2D eigenvalue weighted by Gasteiger charge is 2.68. The Bertz CT molecular complexity index is 6130. The first-order valence-electron chi connectivity index (χ1n) is 47.3. The molecule has 9 heterocycles.